The molecule has 5 heteroatoms. The number of nitrogens with zero attached hydrogens (tertiary/aromatic N) is 2. The summed E-state index contributed by atoms with van der Waals surface area (Å²) in [7, 11) is 1.64. The van der Waals surface area contributed by atoms with Crippen LogP contribution < -0.4 is 9.47 Å². The zero-order chi connectivity index (χ0) is 18.4. The number of hydrogen-bond acceptors (Lipinski definition) is 5. The predicted molar refractivity (Wildman–Crippen MR) is 101 cm³/mol. The molecule has 1 aliphatic rings. The summed E-state index contributed by atoms with van der Waals surface area (Å²) in [5.74, 6) is 1.80. The zero-order valence-electron chi connectivity index (χ0n) is 15.6. The number of ether oxygens (including phenoxy) is 2. The summed E-state index contributed by atoms with van der Waals surface area (Å²) in [6.45, 7) is 5.39. The average molecular weight is 356 g/mol. The molecule has 1 fully saturated rings. The topological polar surface area (TPSA) is 54.8 Å². The first-order valence-electron chi connectivity index (χ1n) is 9.32. The van der Waals surface area contributed by atoms with E-state index in [2.05, 4.69) is 9.88 Å². The Morgan fingerprint density at radius 1 is 1.15 bits per heavy atom. The third-order valence-electron chi connectivity index (χ3n) is 4.99. The molecule has 0 spiro atoms. The van der Waals surface area contributed by atoms with Crippen LogP contribution >= 0.6 is 0 Å². The van der Waals surface area contributed by atoms with Crippen LogP contribution in [0.2, 0.25) is 0 Å². The molecule has 1 atom stereocenters. The molecular weight excluding hydrogens is 328 g/mol. The lowest BCUT2D eigenvalue weighted by Gasteiger charge is -2.34. The third-order valence-corrected chi connectivity index (χ3v) is 4.99. The van der Waals surface area contributed by atoms with Crippen LogP contribution in [-0.2, 0) is 6.54 Å². The summed E-state index contributed by atoms with van der Waals surface area (Å²) >= 11 is 0. The maximum Gasteiger partial charge on any atom is 0.213 e. The molecule has 2 aromatic rings. The molecule has 26 heavy (non-hydrogen) atoms. The van der Waals surface area contributed by atoms with Crippen molar-refractivity contribution < 1.29 is 14.6 Å². The molecule has 0 saturated carbocycles. The normalized spacial score (nSPS) is 17.0. The van der Waals surface area contributed by atoms with Gasteiger partial charge in [-0.1, -0.05) is 18.2 Å². The van der Waals surface area contributed by atoms with Crippen LogP contribution in [0.5, 0.6) is 11.6 Å². The summed E-state index contributed by atoms with van der Waals surface area (Å²) < 4.78 is 10.7. The van der Waals surface area contributed by atoms with Gasteiger partial charge in [0.25, 0.3) is 0 Å². The molecular formula is C21H28N2O3. The van der Waals surface area contributed by atoms with Gasteiger partial charge in [-0.2, -0.15) is 0 Å². The van der Waals surface area contributed by atoms with Crippen molar-refractivity contribution in [2.24, 2.45) is 5.92 Å². The second kappa shape index (κ2) is 9.01. The van der Waals surface area contributed by atoms with Gasteiger partial charge in [0, 0.05) is 12.6 Å². The van der Waals surface area contributed by atoms with E-state index in [1.807, 2.05) is 49.4 Å². The van der Waals surface area contributed by atoms with Gasteiger partial charge in [0.2, 0.25) is 5.88 Å². The highest BCUT2D eigenvalue weighted by Crippen LogP contribution is 2.32. The van der Waals surface area contributed by atoms with Gasteiger partial charge < -0.3 is 14.6 Å². The molecule has 1 N–H and O–H groups in total. The van der Waals surface area contributed by atoms with Crippen molar-refractivity contribution in [1.29, 1.82) is 0 Å². The van der Waals surface area contributed by atoms with Crippen LogP contribution in [0, 0.1) is 5.92 Å². The Labute approximate surface area is 155 Å². The van der Waals surface area contributed by atoms with Gasteiger partial charge in [-0.25, -0.2) is 4.98 Å². The standard InChI is InChI=1S/C21H28N2O3/c1-3-26-19-9-7-16(8-10-19)21(24)17-11-13-23(14-12-17)15-18-5-4-6-20(22-18)25-2/h4-10,17,21,24H,3,11-15H2,1-2H3. The SMILES string of the molecule is CCOc1ccc(C(O)C2CCN(Cc3cccc(OC)n3)CC2)cc1. The zero-order valence-corrected chi connectivity index (χ0v) is 15.6. The number of rotatable bonds is 7. The van der Waals surface area contributed by atoms with Crippen LogP contribution in [0.15, 0.2) is 42.5 Å². The van der Waals surface area contributed by atoms with Crippen molar-refractivity contribution in [2.45, 2.75) is 32.4 Å². The van der Waals surface area contributed by atoms with E-state index >= 15 is 0 Å². The fraction of sp³-hybridized carbons (Fsp3) is 0.476. The van der Waals surface area contributed by atoms with Crippen molar-refractivity contribution >= 4 is 0 Å². The number of piperidine rings is 1. The molecule has 2 heterocycles. The molecule has 1 saturated heterocycles. The Balaban J connectivity index is 1.52. The molecule has 3 rings (SSSR count). The maximum atomic E-state index is 10.7. The highest BCUT2D eigenvalue weighted by atomic mass is 16.5. The minimum Gasteiger partial charge on any atom is -0.494 e. The van der Waals surface area contributed by atoms with Crippen molar-refractivity contribution in [3.05, 3.63) is 53.7 Å². The van der Waals surface area contributed by atoms with Gasteiger partial charge in [0.05, 0.1) is 25.5 Å². The first kappa shape index (κ1) is 18.7. The second-order valence-electron chi connectivity index (χ2n) is 6.73. The molecule has 1 unspecified atom stereocenters. The summed E-state index contributed by atoms with van der Waals surface area (Å²) in [5.41, 5.74) is 2.00. The minimum atomic E-state index is -0.414. The fourth-order valence-electron chi connectivity index (χ4n) is 3.52. The predicted octanol–water partition coefficient (Wildman–Crippen LogP) is 3.43. The maximum absolute atomic E-state index is 10.7. The van der Waals surface area contributed by atoms with E-state index in [-0.39, 0.29) is 0 Å². The Morgan fingerprint density at radius 2 is 1.88 bits per heavy atom. The molecule has 0 aliphatic carbocycles. The number of aromatic nitrogens is 1. The number of aliphatic hydroxyl groups excluding tert-OH is 1. The van der Waals surface area contributed by atoms with Crippen molar-refractivity contribution in [2.75, 3.05) is 26.8 Å². The molecule has 0 amide bonds. The lowest BCUT2D eigenvalue weighted by molar-refractivity contribution is 0.0563. The number of likely N-dealkylation sites (tertiary alicyclic amines) is 1. The van der Waals surface area contributed by atoms with Gasteiger partial charge in [-0.3, -0.25) is 4.90 Å². The summed E-state index contributed by atoms with van der Waals surface area (Å²) in [4.78, 5) is 6.88. The van der Waals surface area contributed by atoms with E-state index < -0.39 is 6.10 Å². The first-order valence-corrected chi connectivity index (χ1v) is 9.32. The quantitative estimate of drug-likeness (QED) is 0.824. The smallest absolute Gasteiger partial charge is 0.213 e. The second-order valence-corrected chi connectivity index (χ2v) is 6.73. The molecule has 1 aromatic heterocycles. The van der Waals surface area contributed by atoms with E-state index in [1.54, 1.807) is 7.11 Å². The molecule has 140 valence electrons. The van der Waals surface area contributed by atoms with Gasteiger partial charge in [0.1, 0.15) is 5.75 Å². The van der Waals surface area contributed by atoms with Crippen molar-refractivity contribution in [3.63, 3.8) is 0 Å². The summed E-state index contributed by atoms with van der Waals surface area (Å²) in [5, 5.41) is 10.7. The van der Waals surface area contributed by atoms with Crippen LogP contribution in [0.4, 0.5) is 0 Å². The summed E-state index contributed by atoms with van der Waals surface area (Å²) in [6.07, 6.45) is 1.55. The fourth-order valence-corrected chi connectivity index (χ4v) is 3.52. The third kappa shape index (κ3) is 4.74. The highest BCUT2D eigenvalue weighted by Gasteiger charge is 2.26. The lowest BCUT2D eigenvalue weighted by atomic mass is 9.87. The monoisotopic (exact) mass is 356 g/mol. The molecule has 1 aliphatic heterocycles. The van der Waals surface area contributed by atoms with Crippen LogP contribution in [0.25, 0.3) is 0 Å². The largest absolute Gasteiger partial charge is 0.494 e. The number of hydrogen-bond donors (Lipinski definition) is 1. The van der Waals surface area contributed by atoms with E-state index in [9.17, 15) is 5.11 Å². The van der Waals surface area contributed by atoms with Crippen molar-refractivity contribution in [3.8, 4) is 11.6 Å². The van der Waals surface area contributed by atoms with Gasteiger partial charge in [-0.15, -0.1) is 0 Å². The van der Waals surface area contributed by atoms with E-state index in [1.165, 1.54) is 0 Å². The van der Waals surface area contributed by atoms with Gasteiger partial charge in [-0.05, 0) is 62.5 Å². The summed E-state index contributed by atoms with van der Waals surface area (Å²) in [6, 6.07) is 13.7. The minimum absolute atomic E-state index is 0.294. The highest BCUT2D eigenvalue weighted by molar-refractivity contribution is 5.29. The number of pyridine rings is 1. The van der Waals surface area contributed by atoms with E-state index in [0.29, 0.717) is 18.4 Å². The molecule has 0 bridgehead atoms. The van der Waals surface area contributed by atoms with E-state index in [0.717, 1.165) is 49.5 Å². The Kier molecular flexibility index (Phi) is 6.47. The lowest BCUT2D eigenvalue weighted by Crippen LogP contribution is -2.35. The molecule has 1 aromatic carbocycles. The Hall–Kier alpha value is -2.11. The van der Waals surface area contributed by atoms with Gasteiger partial charge >= 0.3 is 0 Å². The van der Waals surface area contributed by atoms with Gasteiger partial charge in [0.15, 0.2) is 0 Å². The van der Waals surface area contributed by atoms with Crippen LogP contribution in [0.3, 0.4) is 0 Å². The number of aliphatic hydroxyl groups is 1. The molecule has 0 radical (unpaired) electrons. The Bertz CT molecular complexity index is 682. The van der Waals surface area contributed by atoms with Crippen molar-refractivity contribution in [1.82, 2.24) is 9.88 Å². The van der Waals surface area contributed by atoms with Crippen LogP contribution in [0.1, 0.15) is 37.1 Å². The average Bonchev–Trinajstić information content (AvgIpc) is 2.69. The van der Waals surface area contributed by atoms with Crippen LogP contribution in [-0.4, -0.2) is 41.8 Å². The first-order chi connectivity index (χ1) is 12.7. The number of benzene rings is 1. The molecule has 5 nitrogen and oxygen atoms in total. The Morgan fingerprint density at radius 3 is 2.54 bits per heavy atom. The van der Waals surface area contributed by atoms with E-state index in [4.69, 9.17) is 9.47 Å². The number of methoxy groups -OCH3 is 1.